The predicted molar refractivity (Wildman–Crippen MR) is 140 cm³/mol. The van der Waals surface area contributed by atoms with Crippen molar-refractivity contribution in [2.75, 3.05) is 61.1 Å². The molecule has 2 unspecified atom stereocenters. The van der Waals surface area contributed by atoms with Crippen LogP contribution < -0.4 is 10.1 Å². The molecular formula is C24H41IN4O3. The third-order valence-electron chi connectivity index (χ3n) is 6.32. The average Bonchev–Trinajstić information content (AvgIpc) is 2.82. The molecule has 0 bridgehead atoms. The Balaban J connectivity index is 0.00000363. The molecule has 8 heteroatoms. The highest BCUT2D eigenvalue weighted by molar-refractivity contribution is 14.0. The summed E-state index contributed by atoms with van der Waals surface area (Å²) in [4.78, 5) is 9.12. The van der Waals surface area contributed by atoms with Gasteiger partial charge in [-0.1, -0.05) is 12.1 Å². The first kappa shape index (κ1) is 27.1. The fourth-order valence-corrected chi connectivity index (χ4v) is 4.36. The van der Waals surface area contributed by atoms with E-state index in [0.29, 0.717) is 12.2 Å². The number of benzene rings is 1. The lowest BCUT2D eigenvalue weighted by Gasteiger charge is -2.36. The molecule has 2 aliphatic rings. The normalized spacial score (nSPS) is 21.2. The summed E-state index contributed by atoms with van der Waals surface area (Å²) in [5, 5.41) is 3.59. The zero-order chi connectivity index (χ0) is 22.1. The number of piperidine rings is 1. The highest BCUT2D eigenvalue weighted by Gasteiger charge is 2.24. The maximum Gasteiger partial charge on any atom is 0.193 e. The molecule has 0 aliphatic carbocycles. The topological polar surface area (TPSA) is 58.6 Å². The Hall–Kier alpha value is -1.10. The Labute approximate surface area is 210 Å². The Bertz CT molecular complexity index is 672. The van der Waals surface area contributed by atoms with Crippen LogP contribution in [0, 0.1) is 0 Å². The summed E-state index contributed by atoms with van der Waals surface area (Å²) in [5.41, 5.74) is 1.26. The number of methoxy groups -OCH3 is 1. The average molecular weight is 561 g/mol. The van der Waals surface area contributed by atoms with Crippen molar-refractivity contribution in [1.29, 1.82) is 0 Å². The lowest BCUT2D eigenvalue weighted by atomic mass is 10.1. The van der Waals surface area contributed by atoms with Crippen LogP contribution in [-0.4, -0.2) is 89.1 Å². The van der Waals surface area contributed by atoms with Crippen LogP contribution in [0.3, 0.4) is 0 Å². The number of nitrogens with zero attached hydrogens (tertiary/aromatic N) is 3. The standard InChI is InChI=1S/C24H40N4O3.HI/c1-25-24(26-17-23(27(2)3)19-8-10-20(29-4)11-9-19)28-14-12-21(13-15-28)31-18-22-7-5-6-16-30-22;/h8-11,21-23H,5-7,12-18H2,1-4H3,(H,25,26);1H. The Morgan fingerprint density at radius 3 is 2.47 bits per heavy atom. The van der Waals surface area contributed by atoms with Gasteiger partial charge in [-0.3, -0.25) is 4.99 Å². The molecule has 7 nitrogen and oxygen atoms in total. The van der Waals surface area contributed by atoms with E-state index >= 15 is 0 Å². The van der Waals surface area contributed by atoms with E-state index in [1.165, 1.54) is 18.4 Å². The summed E-state index contributed by atoms with van der Waals surface area (Å²) in [6.07, 6.45) is 6.27. The van der Waals surface area contributed by atoms with Crippen LogP contribution in [0.1, 0.15) is 43.7 Å². The van der Waals surface area contributed by atoms with Gasteiger partial charge in [-0.2, -0.15) is 0 Å². The van der Waals surface area contributed by atoms with E-state index in [9.17, 15) is 0 Å². The second kappa shape index (κ2) is 14.2. The van der Waals surface area contributed by atoms with Crippen molar-refractivity contribution in [2.45, 2.75) is 50.4 Å². The van der Waals surface area contributed by atoms with Crippen LogP contribution in [0.15, 0.2) is 29.3 Å². The summed E-state index contributed by atoms with van der Waals surface area (Å²) >= 11 is 0. The minimum atomic E-state index is 0. The quantitative estimate of drug-likeness (QED) is 0.298. The molecule has 0 aromatic heterocycles. The number of hydrogen-bond donors (Lipinski definition) is 1. The van der Waals surface area contributed by atoms with Crippen molar-refractivity contribution in [1.82, 2.24) is 15.1 Å². The minimum absolute atomic E-state index is 0. The number of halogens is 1. The fourth-order valence-electron chi connectivity index (χ4n) is 4.36. The molecule has 0 amide bonds. The van der Waals surface area contributed by atoms with E-state index in [1.54, 1.807) is 7.11 Å². The number of likely N-dealkylation sites (tertiary alicyclic amines) is 1. The molecule has 1 aromatic rings. The van der Waals surface area contributed by atoms with Crippen LogP contribution >= 0.6 is 24.0 Å². The first-order valence-corrected chi connectivity index (χ1v) is 11.6. The second-order valence-electron chi connectivity index (χ2n) is 8.69. The van der Waals surface area contributed by atoms with E-state index in [2.05, 4.69) is 46.3 Å². The van der Waals surface area contributed by atoms with E-state index in [4.69, 9.17) is 14.2 Å². The van der Waals surface area contributed by atoms with Crippen molar-refractivity contribution >= 4 is 29.9 Å². The number of likely N-dealkylation sites (N-methyl/N-ethyl adjacent to an activating group) is 1. The predicted octanol–water partition coefficient (Wildman–Crippen LogP) is 3.54. The van der Waals surface area contributed by atoms with E-state index < -0.39 is 0 Å². The SMILES string of the molecule is CN=C(NCC(c1ccc(OC)cc1)N(C)C)N1CCC(OCC2CCCCO2)CC1.I. The summed E-state index contributed by atoms with van der Waals surface area (Å²) in [6, 6.07) is 8.55. The molecule has 1 N–H and O–H groups in total. The van der Waals surface area contributed by atoms with Gasteiger partial charge in [0.15, 0.2) is 5.96 Å². The molecule has 2 heterocycles. The Morgan fingerprint density at radius 2 is 1.91 bits per heavy atom. The van der Waals surface area contributed by atoms with Crippen LogP contribution in [0.4, 0.5) is 0 Å². The highest BCUT2D eigenvalue weighted by atomic mass is 127. The van der Waals surface area contributed by atoms with Gasteiger partial charge in [0, 0.05) is 33.3 Å². The smallest absolute Gasteiger partial charge is 0.193 e. The van der Waals surface area contributed by atoms with E-state index in [0.717, 1.165) is 63.8 Å². The van der Waals surface area contributed by atoms with E-state index in [1.807, 2.05) is 19.2 Å². The molecule has 0 radical (unpaired) electrons. The summed E-state index contributed by atoms with van der Waals surface area (Å²) in [5.74, 6) is 1.85. The summed E-state index contributed by atoms with van der Waals surface area (Å²) in [7, 11) is 7.78. The number of nitrogens with one attached hydrogen (secondary N) is 1. The third kappa shape index (κ3) is 8.04. The second-order valence-corrected chi connectivity index (χ2v) is 8.69. The number of ether oxygens (including phenoxy) is 3. The van der Waals surface area contributed by atoms with Gasteiger partial charge in [0.1, 0.15) is 5.75 Å². The van der Waals surface area contributed by atoms with Gasteiger partial charge in [0.25, 0.3) is 0 Å². The molecule has 2 aliphatic heterocycles. The molecular weight excluding hydrogens is 519 g/mol. The lowest BCUT2D eigenvalue weighted by molar-refractivity contribution is -0.0721. The van der Waals surface area contributed by atoms with Gasteiger partial charge in [0.05, 0.1) is 32.0 Å². The zero-order valence-corrected chi connectivity index (χ0v) is 22.4. The van der Waals surface area contributed by atoms with Crippen LogP contribution in [0.5, 0.6) is 5.75 Å². The van der Waals surface area contributed by atoms with Gasteiger partial charge < -0.3 is 29.3 Å². The van der Waals surface area contributed by atoms with E-state index in [-0.39, 0.29) is 30.0 Å². The van der Waals surface area contributed by atoms with Crippen molar-refractivity contribution < 1.29 is 14.2 Å². The summed E-state index contributed by atoms with van der Waals surface area (Å²) in [6.45, 7) is 4.35. The summed E-state index contributed by atoms with van der Waals surface area (Å²) < 4.78 is 17.2. The van der Waals surface area contributed by atoms with Gasteiger partial charge in [0.2, 0.25) is 0 Å². The van der Waals surface area contributed by atoms with Gasteiger partial charge in [-0.15, -0.1) is 24.0 Å². The minimum Gasteiger partial charge on any atom is -0.497 e. The number of rotatable bonds is 8. The maximum atomic E-state index is 6.16. The Morgan fingerprint density at radius 1 is 1.19 bits per heavy atom. The molecule has 2 fully saturated rings. The molecule has 3 rings (SSSR count). The van der Waals surface area contributed by atoms with Crippen molar-refractivity contribution in [3.05, 3.63) is 29.8 Å². The largest absolute Gasteiger partial charge is 0.497 e. The van der Waals surface area contributed by atoms with Crippen molar-refractivity contribution in [2.24, 2.45) is 4.99 Å². The highest BCUT2D eigenvalue weighted by Crippen LogP contribution is 2.21. The molecule has 2 atom stereocenters. The molecule has 182 valence electrons. The van der Waals surface area contributed by atoms with Crippen LogP contribution in [-0.2, 0) is 9.47 Å². The first-order chi connectivity index (χ1) is 15.1. The fraction of sp³-hybridized carbons (Fsp3) is 0.708. The van der Waals surface area contributed by atoms with Crippen molar-refractivity contribution in [3.63, 3.8) is 0 Å². The van der Waals surface area contributed by atoms with Crippen LogP contribution in [0.2, 0.25) is 0 Å². The molecule has 0 saturated carbocycles. The maximum absolute atomic E-state index is 6.16. The van der Waals surface area contributed by atoms with Gasteiger partial charge >= 0.3 is 0 Å². The van der Waals surface area contributed by atoms with Gasteiger partial charge in [-0.05, 0) is 63.9 Å². The molecule has 32 heavy (non-hydrogen) atoms. The first-order valence-electron chi connectivity index (χ1n) is 11.6. The third-order valence-corrected chi connectivity index (χ3v) is 6.32. The van der Waals surface area contributed by atoms with Crippen LogP contribution in [0.25, 0.3) is 0 Å². The molecule has 2 saturated heterocycles. The monoisotopic (exact) mass is 560 g/mol. The zero-order valence-electron chi connectivity index (χ0n) is 20.1. The lowest BCUT2D eigenvalue weighted by Crippen LogP contribution is -2.48. The molecule has 1 aromatic carbocycles. The number of aliphatic imine (C=N–C) groups is 1. The molecule has 0 spiro atoms. The van der Waals surface area contributed by atoms with Gasteiger partial charge in [-0.25, -0.2) is 0 Å². The number of guanidine groups is 1. The Kier molecular flexibility index (Phi) is 12.1. The number of hydrogen-bond acceptors (Lipinski definition) is 5. The van der Waals surface area contributed by atoms with Crippen molar-refractivity contribution in [3.8, 4) is 5.75 Å².